The average Bonchev–Trinajstić information content (AvgIpc) is 2.16. The third kappa shape index (κ3) is 1.86. The fraction of sp³-hybridized carbons (Fsp3) is 0.200. The van der Waals surface area contributed by atoms with Crippen molar-refractivity contribution in [2.75, 3.05) is 0 Å². The molecule has 72 valence electrons. The van der Waals surface area contributed by atoms with E-state index in [1.54, 1.807) is 13.0 Å². The van der Waals surface area contributed by atoms with Crippen LogP contribution in [0, 0.1) is 18.3 Å². The summed E-state index contributed by atoms with van der Waals surface area (Å²) in [5, 5.41) is 17.5. The molecule has 0 bridgehead atoms. The van der Waals surface area contributed by atoms with Gasteiger partial charge in [-0.2, -0.15) is 5.26 Å². The van der Waals surface area contributed by atoms with E-state index in [4.69, 9.17) is 22.0 Å². The highest BCUT2D eigenvalue weighted by molar-refractivity contribution is 6.17. The van der Waals surface area contributed by atoms with E-state index in [0.717, 1.165) is 11.1 Å². The third-order valence-corrected chi connectivity index (χ3v) is 2.26. The zero-order valence-corrected chi connectivity index (χ0v) is 8.30. The van der Waals surface area contributed by atoms with Crippen molar-refractivity contribution in [1.82, 2.24) is 0 Å². The number of hydrogen-bond acceptors (Lipinski definition) is 2. The quantitative estimate of drug-likeness (QED) is 0.761. The number of nitriles is 1. The van der Waals surface area contributed by atoms with Crippen molar-refractivity contribution in [2.45, 2.75) is 12.8 Å². The van der Waals surface area contributed by atoms with Crippen LogP contribution < -0.4 is 0 Å². The van der Waals surface area contributed by atoms with Crippen molar-refractivity contribution in [1.29, 1.82) is 5.26 Å². The summed E-state index contributed by atoms with van der Waals surface area (Å²) in [7, 11) is 0. The maximum Gasteiger partial charge on any atom is 0.337 e. The largest absolute Gasteiger partial charge is 0.478 e. The normalized spacial score (nSPS) is 9.50. The number of hydrogen-bond donors (Lipinski definition) is 1. The fourth-order valence-corrected chi connectivity index (χ4v) is 1.45. The van der Waals surface area contributed by atoms with Crippen molar-refractivity contribution >= 4 is 17.6 Å². The van der Waals surface area contributed by atoms with Gasteiger partial charge in [-0.25, -0.2) is 4.79 Å². The Morgan fingerprint density at radius 1 is 1.64 bits per heavy atom. The smallest absolute Gasteiger partial charge is 0.337 e. The molecule has 0 unspecified atom stereocenters. The van der Waals surface area contributed by atoms with Gasteiger partial charge in [-0.1, -0.05) is 0 Å². The molecule has 0 spiro atoms. The molecular weight excluding hydrogens is 202 g/mol. The average molecular weight is 210 g/mol. The maximum absolute atomic E-state index is 10.8. The Morgan fingerprint density at radius 2 is 2.29 bits per heavy atom. The number of aryl methyl sites for hydroxylation is 1. The van der Waals surface area contributed by atoms with E-state index in [0.29, 0.717) is 0 Å². The Morgan fingerprint density at radius 3 is 2.71 bits per heavy atom. The second-order valence-corrected chi connectivity index (χ2v) is 3.14. The van der Waals surface area contributed by atoms with Crippen LogP contribution in [-0.2, 0) is 5.88 Å². The van der Waals surface area contributed by atoms with Crippen LogP contribution >= 0.6 is 11.6 Å². The lowest BCUT2D eigenvalue weighted by Crippen LogP contribution is -2.02. The minimum absolute atomic E-state index is 0.00810. The molecule has 0 aliphatic rings. The highest BCUT2D eigenvalue weighted by atomic mass is 35.5. The van der Waals surface area contributed by atoms with Crippen LogP contribution in [0.2, 0.25) is 0 Å². The number of rotatable bonds is 2. The molecule has 0 fully saturated rings. The van der Waals surface area contributed by atoms with Crippen LogP contribution in [-0.4, -0.2) is 11.1 Å². The SMILES string of the molecule is Cc1cc(C#N)c(C(=O)O)cc1CCl. The summed E-state index contributed by atoms with van der Waals surface area (Å²) in [4.78, 5) is 10.8. The monoisotopic (exact) mass is 209 g/mol. The molecule has 0 saturated carbocycles. The second kappa shape index (κ2) is 4.12. The first-order valence-corrected chi connectivity index (χ1v) is 4.46. The third-order valence-electron chi connectivity index (χ3n) is 1.97. The lowest BCUT2D eigenvalue weighted by Gasteiger charge is -2.05. The molecule has 0 atom stereocenters. The van der Waals surface area contributed by atoms with Crippen LogP contribution in [0.5, 0.6) is 0 Å². The lowest BCUT2D eigenvalue weighted by atomic mass is 10.0. The van der Waals surface area contributed by atoms with E-state index >= 15 is 0 Å². The predicted octanol–water partition coefficient (Wildman–Crippen LogP) is 2.30. The summed E-state index contributed by atoms with van der Waals surface area (Å²) >= 11 is 5.63. The summed E-state index contributed by atoms with van der Waals surface area (Å²) in [5.74, 6) is -0.856. The van der Waals surface area contributed by atoms with Crippen molar-refractivity contribution in [3.63, 3.8) is 0 Å². The van der Waals surface area contributed by atoms with E-state index in [1.807, 2.05) is 6.07 Å². The van der Waals surface area contributed by atoms with Crippen LogP contribution in [0.15, 0.2) is 12.1 Å². The molecule has 0 radical (unpaired) electrons. The van der Waals surface area contributed by atoms with E-state index in [2.05, 4.69) is 0 Å². The summed E-state index contributed by atoms with van der Waals surface area (Å²) in [6.07, 6.45) is 0. The Bertz CT molecular complexity index is 421. The minimum atomic E-state index is -1.10. The van der Waals surface area contributed by atoms with Crippen molar-refractivity contribution in [2.24, 2.45) is 0 Å². The molecule has 0 aromatic heterocycles. The number of halogens is 1. The molecule has 1 rings (SSSR count). The number of carboxylic acid groups (broad SMARTS) is 1. The zero-order chi connectivity index (χ0) is 10.7. The van der Waals surface area contributed by atoms with Gasteiger partial charge in [0.15, 0.2) is 0 Å². The van der Waals surface area contributed by atoms with E-state index < -0.39 is 5.97 Å². The van der Waals surface area contributed by atoms with Crippen LogP contribution in [0.1, 0.15) is 27.0 Å². The molecule has 1 aromatic rings. The standard InChI is InChI=1S/C10H8ClNO2/c1-6-2-8(5-12)9(10(13)14)3-7(6)4-11/h2-3H,4H2,1H3,(H,13,14). The topological polar surface area (TPSA) is 61.1 Å². The van der Waals surface area contributed by atoms with Gasteiger partial charge < -0.3 is 5.11 Å². The van der Waals surface area contributed by atoms with Crippen LogP contribution in [0.4, 0.5) is 0 Å². The number of carboxylic acids is 1. The first kappa shape index (κ1) is 10.6. The van der Waals surface area contributed by atoms with Gasteiger partial charge in [-0.05, 0) is 30.2 Å². The number of carbonyl (C=O) groups is 1. The summed E-state index contributed by atoms with van der Waals surface area (Å²) in [6.45, 7) is 1.80. The molecule has 1 aromatic carbocycles. The van der Waals surface area contributed by atoms with E-state index in [-0.39, 0.29) is 17.0 Å². The predicted molar refractivity (Wildman–Crippen MR) is 52.4 cm³/mol. The first-order valence-electron chi connectivity index (χ1n) is 3.93. The Hall–Kier alpha value is -1.53. The molecule has 14 heavy (non-hydrogen) atoms. The summed E-state index contributed by atoms with van der Waals surface area (Å²) in [5.41, 5.74) is 1.75. The molecule has 3 nitrogen and oxygen atoms in total. The summed E-state index contributed by atoms with van der Waals surface area (Å²) < 4.78 is 0. The highest BCUT2D eigenvalue weighted by Gasteiger charge is 2.12. The molecule has 0 aliphatic heterocycles. The number of aromatic carboxylic acids is 1. The van der Waals surface area contributed by atoms with Gasteiger partial charge in [0, 0.05) is 5.88 Å². The Labute approximate surface area is 86.5 Å². The van der Waals surface area contributed by atoms with Crippen LogP contribution in [0.25, 0.3) is 0 Å². The van der Waals surface area contributed by atoms with Gasteiger partial charge >= 0.3 is 5.97 Å². The maximum atomic E-state index is 10.8. The van der Waals surface area contributed by atoms with E-state index in [9.17, 15) is 4.79 Å². The zero-order valence-electron chi connectivity index (χ0n) is 7.54. The fourth-order valence-electron chi connectivity index (χ4n) is 1.17. The lowest BCUT2D eigenvalue weighted by molar-refractivity contribution is 0.0696. The number of benzene rings is 1. The molecule has 0 amide bonds. The van der Waals surface area contributed by atoms with Gasteiger partial charge in [0.25, 0.3) is 0 Å². The van der Waals surface area contributed by atoms with Gasteiger partial charge in [-0.3, -0.25) is 0 Å². The number of alkyl halides is 1. The molecule has 0 aliphatic carbocycles. The van der Waals surface area contributed by atoms with Crippen molar-refractivity contribution in [3.8, 4) is 6.07 Å². The van der Waals surface area contributed by atoms with Gasteiger partial charge in [-0.15, -0.1) is 11.6 Å². The van der Waals surface area contributed by atoms with Gasteiger partial charge in [0.2, 0.25) is 0 Å². The molecule has 4 heteroatoms. The minimum Gasteiger partial charge on any atom is -0.478 e. The molecule has 0 heterocycles. The highest BCUT2D eigenvalue weighted by Crippen LogP contribution is 2.17. The first-order chi connectivity index (χ1) is 6.60. The Balaban J connectivity index is 3.42. The van der Waals surface area contributed by atoms with Gasteiger partial charge in [0.1, 0.15) is 6.07 Å². The van der Waals surface area contributed by atoms with Gasteiger partial charge in [0.05, 0.1) is 11.1 Å². The van der Waals surface area contributed by atoms with Crippen molar-refractivity contribution in [3.05, 3.63) is 34.4 Å². The van der Waals surface area contributed by atoms with Crippen LogP contribution in [0.3, 0.4) is 0 Å². The Kier molecular flexibility index (Phi) is 3.10. The van der Waals surface area contributed by atoms with Crippen molar-refractivity contribution < 1.29 is 9.90 Å². The molecule has 0 saturated heterocycles. The number of nitrogens with zero attached hydrogens (tertiary/aromatic N) is 1. The molecular formula is C10H8ClNO2. The molecule has 1 N–H and O–H groups in total. The summed E-state index contributed by atoms with van der Waals surface area (Å²) in [6, 6.07) is 4.84. The van der Waals surface area contributed by atoms with E-state index in [1.165, 1.54) is 6.07 Å². The second-order valence-electron chi connectivity index (χ2n) is 2.87.